The number of hydrogen-bond donors (Lipinski definition) is 1. The zero-order valence-electron chi connectivity index (χ0n) is 15.9. The fourth-order valence-electron chi connectivity index (χ4n) is 2.82. The molecular formula is C21H25ClN2O2S. The minimum Gasteiger partial charge on any atom is -0.357 e. The largest absolute Gasteiger partial charge is 0.357 e. The van der Waals surface area contributed by atoms with Gasteiger partial charge in [-0.3, -0.25) is 9.59 Å². The van der Waals surface area contributed by atoms with Gasteiger partial charge in [-0.05, 0) is 48.7 Å². The van der Waals surface area contributed by atoms with Gasteiger partial charge in [-0.1, -0.05) is 42.8 Å². The molecule has 2 aromatic carbocycles. The van der Waals surface area contributed by atoms with Crippen molar-refractivity contribution in [1.29, 1.82) is 0 Å². The Morgan fingerprint density at radius 1 is 1.15 bits per heavy atom. The lowest BCUT2D eigenvalue weighted by Gasteiger charge is -2.30. The monoisotopic (exact) mass is 404 g/mol. The lowest BCUT2D eigenvalue weighted by molar-refractivity contribution is -0.139. The van der Waals surface area contributed by atoms with Crippen LogP contribution in [0.5, 0.6) is 0 Å². The lowest BCUT2D eigenvalue weighted by Crippen LogP contribution is -2.48. The second kappa shape index (κ2) is 10.4. The Morgan fingerprint density at radius 2 is 1.81 bits per heavy atom. The van der Waals surface area contributed by atoms with Gasteiger partial charge in [0.15, 0.2) is 0 Å². The van der Waals surface area contributed by atoms with E-state index in [1.54, 1.807) is 24.1 Å². The molecule has 0 aromatic heterocycles. The maximum absolute atomic E-state index is 13.0. The van der Waals surface area contributed by atoms with Gasteiger partial charge in [-0.15, -0.1) is 11.8 Å². The molecule has 0 aliphatic carbocycles. The zero-order valence-corrected chi connectivity index (χ0v) is 17.4. The molecule has 27 heavy (non-hydrogen) atoms. The lowest BCUT2D eigenvalue weighted by atomic mass is 10.1. The summed E-state index contributed by atoms with van der Waals surface area (Å²) in [6.07, 6.45) is 0.558. The van der Waals surface area contributed by atoms with Crippen molar-refractivity contribution in [3.05, 3.63) is 64.7 Å². The van der Waals surface area contributed by atoms with Gasteiger partial charge in [0.25, 0.3) is 0 Å². The summed E-state index contributed by atoms with van der Waals surface area (Å²) in [5.41, 5.74) is 2.15. The first-order valence-electron chi connectivity index (χ1n) is 8.90. The predicted octanol–water partition coefficient (Wildman–Crippen LogP) is 4.29. The molecule has 0 heterocycles. The highest BCUT2D eigenvalue weighted by molar-refractivity contribution is 8.00. The summed E-state index contributed by atoms with van der Waals surface area (Å²) in [7, 11) is 1.60. The standard InChI is InChI=1S/C21H25ClN2O2S/c1-4-19(21(26)23-3)24(13-16-8-6-5-7-15(16)2)20(25)14-27-18-11-9-17(22)10-12-18/h5-12,19H,4,13-14H2,1-3H3,(H,23,26). The second-order valence-electron chi connectivity index (χ2n) is 6.23. The fourth-order valence-corrected chi connectivity index (χ4v) is 3.73. The highest BCUT2D eigenvalue weighted by Gasteiger charge is 2.28. The molecule has 6 heteroatoms. The summed E-state index contributed by atoms with van der Waals surface area (Å²) in [4.78, 5) is 28.0. The SMILES string of the molecule is CCC(C(=O)NC)N(Cc1ccccc1C)C(=O)CSc1ccc(Cl)cc1. The molecule has 0 fully saturated rings. The molecule has 2 amide bonds. The molecule has 2 aromatic rings. The van der Waals surface area contributed by atoms with Crippen molar-refractivity contribution in [2.45, 2.75) is 37.8 Å². The van der Waals surface area contributed by atoms with E-state index in [0.717, 1.165) is 16.0 Å². The van der Waals surface area contributed by atoms with Crippen LogP contribution in [-0.2, 0) is 16.1 Å². The Bertz CT molecular complexity index is 780. The highest BCUT2D eigenvalue weighted by atomic mass is 35.5. The first-order chi connectivity index (χ1) is 13.0. The number of rotatable bonds is 8. The molecule has 0 spiro atoms. The van der Waals surface area contributed by atoms with Crippen molar-refractivity contribution < 1.29 is 9.59 Å². The number of halogens is 1. The van der Waals surface area contributed by atoms with Crippen molar-refractivity contribution in [3.8, 4) is 0 Å². The third-order valence-corrected chi connectivity index (χ3v) is 5.66. The molecule has 1 N–H and O–H groups in total. The van der Waals surface area contributed by atoms with Gasteiger partial charge >= 0.3 is 0 Å². The Hall–Kier alpha value is -1.98. The summed E-state index contributed by atoms with van der Waals surface area (Å²) < 4.78 is 0. The Kier molecular flexibility index (Phi) is 8.20. The average molecular weight is 405 g/mol. The Morgan fingerprint density at radius 3 is 2.41 bits per heavy atom. The van der Waals surface area contributed by atoms with E-state index in [1.165, 1.54) is 11.8 Å². The number of thioether (sulfide) groups is 1. The van der Waals surface area contributed by atoms with Crippen LogP contribution >= 0.6 is 23.4 Å². The number of nitrogens with zero attached hydrogens (tertiary/aromatic N) is 1. The Balaban J connectivity index is 2.19. The van der Waals surface area contributed by atoms with Crippen LogP contribution in [0.2, 0.25) is 5.02 Å². The van der Waals surface area contributed by atoms with Crippen molar-refractivity contribution in [3.63, 3.8) is 0 Å². The van der Waals surface area contributed by atoms with Gasteiger partial charge < -0.3 is 10.2 Å². The molecule has 0 bridgehead atoms. The third-order valence-electron chi connectivity index (χ3n) is 4.41. The van der Waals surface area contributed by atoms with Crippen LogP contribution in [-0.4, -0.2) is 35.6 Å². The van der Waals surface area contributed by atoms with Gasteiger partial charge in [-0.25, -0.2) is 0 Å². The van der Waals surface area contributed by atoms with E-state index in [2.05, 4.69) is 5.32 Å². The van der Waals surface area contributed by atoms with Gasteiger partial charge in [-0.2, -0.15) is 0 Å². The van der Waals surface area contributed by atoms with E-state index >= 15 is 0 Å². The number of carbonyl (C=O) groups excluding carboxylic acids is 2. The number of nitrogens with one attached hydrogen (secondary N) is 1. The summed E-state index contributed by atoms with van der Waals surface area (Å²) in [6, 6.07) is 14.8. The molecule has 144 valence electrons. The van der Waals surface area contributed by atoms with Crippen LogP contribution < -0.4 is 5.32 Å². The van der Waals surface area contributed by atoms with E-state index in [9.17, 15) is 9.59 Å². The molecule has 0 radical (unpaired) electrons. The first kappa shape index (κ1) is 21.3. The summed E-state index contributed by atoms with van der Waals surface area (Å²) in [5.74, 6) is 0.0608. The first-order valence-corrected chi connectivity index (χ1v) is 10.3. The minimum atomic E-state index is -0.493. The van der Waals surface area contributed by atoms with Gasteiger partial charge in [0.1, 0.15) is 6.04 Å². The van der Waals surface area contributed by atoms with E-state index in [1.807, 2.05) is 50.2 Å². The van der Waals surface area contributed by atoms with Crippen LogP contribution in [0.3, 0.4) is 0 Å². The summed E-state index contributed by atoms with van der Waals surface area (Å²) in [5, 5.41) is 3.34. The second-order valence-corrected chi connectivity index (χ2v) is 7.71. The van der Waals surface area contributed by atoms with Gasteiger partial charge in [0.05, 0.1) is 5.75 Å². The number of aryl methyl sites for hydroxylation is 1. The predicted molar refractivity (Wildman–Crippen MR) is 112 cm³/mol. The van der Waals surface area contributed by atoms with Crippen LogP contribution in [0.15, 0.2) is 53.4 Å². The zero-order chi connectivity index (χ0) is 19.8. The fraction of sp³-hybridized carbons (Fsp3) is 0.333. The highest BCUT2D eigenvalue weighted by Crippen LogP contribution is 2.22. The maximum Gasteiger partial charge on any atom is 0.242 e. The summed E-state index contributed by atoms with van der Waals surface area (Å²) >= 11 is 7.36. The molecule has 0 saturated carbocycles. The third kappa shape index (κ3) is 6.01. The molecule has 0 aliphatic heterocycles. The van der Waals surface area contributed by atoms with E-state index in [0.29, 0.717) is 18.0 Å². The number of benzene rings is 2. The van der Waals surface area contributed by atoms with Gasteiger partial charge in [0, 0.05) is 23.5 Å². The quantitative estimate of drug-likeness (QED) is 0.667. The van der Waals surface area contributed by atoms with Crippen LogP contribution in [0, 0.1) is 6.92 Å². The number of amides is 2. The summed E-state index contributed by atoms with van der Waals surface area (Å²) in [6.45, 7) is 4.35. The number of likely N-dealkylation sites (N-methyl/N-ethyl adjacent to an activating group) is 1. The van der Waals surface area contributed by atoms with E-state index < -0.39 is 6.04 Å². The van der Waals surface area contributed by atoms with Crippen LogP contribution in [0.4, 0.5) is 0 Å². The van der Waals surface area contributed by atoms with Crippen molar-refractivity contribution >= 4 is 35.2 Å². The van der Waals surface area contributed by atoms with E-state index in [4.69, 9.17) is 11.6 Å². The smallest absolute Gasteiger partial charge is 0.242 e. The normalized spacial score (nSPS) is 11.7. The maximum atomic E-state index is 13.0. The van der Waals surface area contributed by atoms with Crippen molar-refractivity contribution in [1.82, 2.24) is 10.2 Å². The molecule has 1 atom stereocenters. The molecule has 1 unspecified atom stereocenters. The minimum absolute atomic E-state index is 0.0614. The molecule has 0 aliphatic rings. The number of carbonyl (C=O) groups is 2. The van der Waals surface area contributed by atoms with Crippen LogP contribution in [0.1, 0.15) is 24.5 Å². The van der Waals surface area contributed by atoms with Crippen LogP contribution in [0.25, 0.3) is 0 Å². The van der Waals surface area contributed by atoms with Crippen molar-refractivity contribution in [2.75, 3.05) is 12.8 Å². The topological polar surface area (TPSA) is 49.4 Å². The molecule has 4 nitrogen and oxygen atoms in total. The van der Waals surface area contributed by atoms with Gasteiger partial charge in [0.2, 0.25) is 11.8 Å². The van der Waals surface area contributed by atoms with Crippen molar-refractivity contribution in [2.24, 2.45) is 0 Å². The molecule has 2 rings (SSSR count). The molecule has 0 saturated heterocycles. The Labute approximate surface area is 170 Å². The molecular weight excluding hydrogens is 380 g/mol. The average Bonchev–Trinajstić information content (AvgIpc) is 2.68. The number of hydrogen-bond acceptors (Lipinski definition) is 3. The van der Waals surface area contributed by atoms with E-state index in [-0.39, 0.29) is 17.6 Å².